The second-order valence-corrected chi connectivity index (χ2v) is 10.9. The minimum absolute atomic E-state index is 0.945. The van der Waals surface area contributed by atoms with E-state index in [0.717, 1.165) is 28.1 Å². The van der Waals surface area contributed by atoms with E-state index in [0.29, 0.717) is 0 Å². The normalized spacial score (nSPS) is 11.5. The molecular weight excluding hydrogens is 508 g/mol. The van der Waals surface area contributed by atoms with E-state index < -0.39 is 0 Å². The van der Waals surface area contributed by atoms with Crippen LogP contribution >= 0.6 is 0 Å². The molecule has 0 saturated carbocycles. The fourth-order valence-corrected chi connectivity index (χ4v) is 6.36. The van der Waals surface area contributed by atoms with Gasteiger partial charge in [0.15, 0.2) is 0 Å². The lowest BCUT2D eigenvalue weighted by Gasteiger charge is -2.19. The van der Waals surface area contributed by atoms with Crippen LogP contribution in [0.1, 0.15) is 5.56 Å². The van der Waals surface area contributed by atoms with Crippen molar-refractivity contribution in [1.29, 1.82) is 0 Å². The quantitative estimate of drug-likeness (QED) is 0.205. The van der Waals surface area contributed by atoms with Crippen LogP contribution in [0.3, 0.4) is 0 Å². The highest BCUT2D eigenvalue weighted by molar-refractivity contribution is 6.21. The third kappa shape index (κ3) is 3.92. The Bertz CT molecular complexity index is 2230. The van der Waals surface area contributed by atoms with Crippen molar-refractivity contribution in [3.63, 3.8) is 0 Å². The first-order valence-corrected chi connectivity index (χ1v) is 14.4. The molecule has 0 bridgehead atoms. The van der Waals surface area contributed by atoms with E-state index in [1.165, 1.54) is 49.4 Å². The minimum atomic E-state index is 0.945. The highest BCUT2D eigenvalue weighted by Gasteiger charge is 2.19. The number of aryl methyl sites for hydroxylation is 1. The Balaban J connectivity index is 1.52. The van der Waals surface area contributed by atoms with E-state index in [2.05, 4.69) is 163 Å². The average Bonchev–Trinajstić information content (AvgIpc) is 3.43. The molecule has 0 radical (unpaired) electrons. The Morgan fingerprint density at radius 2 is 0.976 bits per heavy atom. The van der Waals surface area contributed by atoms with E-state index in [4.69, 9.17) is 4.98 Å². The molecule has 2 nitrogen and oxygen atoms in total. The lowest BCUT2D eigenvalue weighted by Crippen LogP contribution is -1.99. The molecular formula is C40H28N2. The Labute approximate surface area is 245 Å². The summed E-state index contributed by atoms with van der Waals surface area (Å²) in [5, 5.41) is 4.98. The topological polar surface area (TPSA) is 17.8 Å². The van der Waals surface area contributed by atoms with Gasteiger partial charge in [-0.25, -0.2) is 4.98 Å². The molecule has 0 saturated heterocycles. The zero-order valence-electron chi connectivity index (χ0n) is 23.3. The number of nitrogens with zero attached hydrogens (tertiary/aromatic N) is 2. The van der Waals surface area contributed by atoms with Crippen molar-refractivity contribution in [2.75, 3.05) is 0 Å². The van der Waals surface area contributed by atoms with E-state index in [9.17, 15) is 0 Å². The van der Waals surface area contributed by atoms with Gasteiger partial charge in [-0.1, -0.05) is 127 Å². The number of hydrogen-bond acceptors (Lipinski definition) is 1. The fourth-order valence-electron chi connectivity index (χ4n) is 6.36. The molecule has 0 fully saturated rings. The predicted molar refractivity (Wildman–Crippen MR) is 177 cm³/mol. The molecule has 2 heteroatoms. The Morgan fingerprint density at radius 1 is 0.452 bits per heavy atom. The number of imidazole rings is 1. The van der Waals surface area contributed by atoms with Crippen molar-refractivity contribution in [3.8, 4) is 39.3 Å². The lowest BCUT2D eigenvalue weighted by atomic mass is 9.86. The maximum Gasteiger partial charge on any atom is 0.145 e. The van der Waals surface area contributed by atoms with Crippen molar-refractivity contribution >= 4 is 32.6 Å². The van der Waals surface area contributed by atoms with Crippen LogP contribution in [-0.4, -0.2) is 9.55 Å². The summed E-state index contributed by atoms with van der Waals surface area (Å²) in [5.41, 5.74) is 10.5. The molecule has 0 atom stereocenters. The van der Waals surface area contributed by atoms with Gasteiger partial charge in [0.2, 0.25) is 0 Å². The van der Waals surface area contributed by atoms with Gasteiger partial charge in [-0.15, -0.1) is 0 Å². The molecule has 42 heavy (non-hydrogen) atoms. The number of aromatic nitrogens is 2. The zero-order valence-corrected chi connectivity index (χ0v) is 23.3. The van der Waals surface area contributed by atoms with Gasteiger partial charge in [0, 0.05) is 11.3 Å². The SMILES string of the molecule is Cc1ccc2nc(-c3ccccc3)n(-c3ccc4c(-c5ccccc5)c5ccccc5c(-c5ccccc5)c4c3)c2c1. The van der Waals surface area contributed by atoms with Crippen molar-refractivity contribution in [1.82, 2.24) is 9.55 Å². The lowest BCUT2D eigenvalue weighted by molar-refractivity contribution is 1.10. The van der Waals surface area contributed by atoms with E-state index in [1.54, 1.807) is 0 Å². The molecule has 0 unspecified atom stereocenters. The number of hydrogen-bond donors (Lipinski definition) is 0. The first kappa shape index (κ1) is 24.3. The van der Waals surface area contributed by atoms with Gasteiger partial charge < -0.3 is 0 Å². The highest BCUT2D eigenvalue weighted by Crippen LogP contribution is 2.44. The highest BCUT2D eigenvalue weighted by atomic mass is 15.1. The van der Waals surface area contributed by atoms with Crippen LogP contribution < -0.4 is 0 Å². The molecule has 1 aromatic heterocycles. The first-order valence-electron chi connectivity index (χ1n) is 14.4. The largest absolute Gasteiger partial charge is 0.292 e. The van der Waals surface area contributed by atoms with Gasteiger partial charge in [0.05, 0.1) is 11.0 Å². The average molecular weight is 537 g/mol. The van der Waals surface area contributed by atoms with Crippen LogP contribution in [0.4, 0.5) is 0 Å². The van der Waals surface area contributed by atoms with Gasteiger partial charge in [-0.05, 0) is 80.6 Å². The molecule has 8 aromatic rings. The van der Waals surface area contributed by atoms with Crippen LogP contribution in [0.25, 0.3) is 71.9 Å². The molecule has 0 aliphatic heterocycles. The van der Waals surface area contributed by atoms with Crippen molar-refractivity contribution < 1.29 is 0 Å². The van der Waals surface area contributed by atoms with Crippen LogP contribution in [0.5, 0.6) is 0 Å². The first-order chi connectivity index (χ1) is 20.8. The number of fused-ring (bicyclic) bond motifs is 3. The van der Waals surface area contributed by atoms with E-state index >= 15 is 0 Å². The maximum atomic E-state index is 5.14. The van der Waals surface area contributed by atoms with Crippen LogP contribution in [0.15, 0.2) is 152 Å². The fraction of sp³-hybridized carbons (Fsp3) is 0.0250. The molecule has 0 N–H and O–H groups in total. The van der Waals surface area contributed by atoms with E-state index in [1.807, 2.05) is 0 Å². The van der Waals surface area contributed by atoms with Crippen LogP contribution in [0.2, 0.25) is 0 Å². The summed E-state index contributed by atoms with van der Waals surface area (Å²) in [5.74, 6) is 0.945. The van der Waals surface area contributed by atoms with Gasteiger partial charge in [0.1, 0.15) is 5.82 Å². The van der Waals surface area contributed by atoms with Crippen molar-refractivity contribution in [2.24, 2.45) is 0 Å². The zero-order chi connectivity index (χ0) is 28.0. The summed E-state index contributed by atoms with van der Waals surface area (Å²) >= 11 is 0. The third-order valence-corrected chi connectivity index (χ3v) is 8.23. The summed E-state index contributed by atoms with van der Waals surface area (Å²) in [6.07, 6.45) is 0. The maximum absolute atomic E-state index is 5.14. The standard InChI is InChI=1S/C40H28N2/c1-27-21-24-36-37(25-27)42(40(41-36)30-17-9-4-10-18-30)31-22-23-34-35(26-31)39(29-15-7-3-8-16-29)33-20-12-11-19-32(33)38(34)28-13-5-2-6-14-28/h2-26H,1H3. The molecule has 0 amide bonds. The van der Waals surface area contributed by atoms with Crippen LogP contribution in [0, 0.1) is 6.92 Å². The Kier molecular flexibility index (Phi) is 5.72. The molecule has 8 rings (SSSR count). The summed E-state index contributed by atoms with van der Waals surface area (Å²) in [6.45, 7) is 2.14. The molecule has 0 spiro atoms. The second kappa shape index (κ2) is 9.87. The van der Waals surface area contributed by atoms with Gasteiger partial charge in [-0.3, -0.25) is 4.57 Å². The Morgan fingerprint density at radius 3 is 1.60 bits per heavy atom. The number of rotatable bonds is 4. The smallest absolute Gasteiger partial charge is 0.145 e. The molecule has 0 aliphatic rings. The molecule has 7 aromatic carbocycles. The molecule has 1 heterocycles. The molecule has 0 aliphatic carbocycles. The van der Waals surface area contributed by atoms with Crippen LogP contribution in [-0.2, 0) is 0 Å². The summed E-state index contributed by atoms with van der Waals surface area (Å²) in [4.78, 5) is 5.14. The van der Waals surface area contributed by atoms with Gasteiger partial charge >= 0.3 is 0 Å². The van der Waals surface area contributed by atoms with E-state index in [-0.39, 0.29) is 0 Å². The van der Waals surface area contributed by atoms with Crippen molar-refractivity contribution in [3.05, 3.63) is 157 Å². The minimum Gasteiger partial charge on any atom is -0.292 e. The summed E-state index contributed by atoms with van der Waals surface area (Å²) in [6, 6.07) is 54.3. The predicted octanol–water partition coefficient (Wildman–Crippen LogP) is 10.6. The third-order valence-electron chi connectivity index (χ3n) is 8.23. The monoisotopic (exact) mass is 536 g/mol. The summed E-state index contributed by atoms with van der Waals surface area (Å²) < 4.78 is 2.32. The van der Waals surface area contributed by atoms with Gasteiger partial charge in [-0.2, -0.15) is 0 Å². The molecule has 198 valence electrons. The summed E-state index contributed by atoms with van der Waals surface area (Å²) in [7, 11) is 0. The number of benzene rings is 7. The Hall–Kier alpha value is -5.47. The van der Waals surface area contributed by atoms with Crippen molar-refractivity contribution in [2.45, 2.75) is 6.92 Å². The second-order valence-electron chi connectivity index (χ2n) is 10.9. The van der Waals surface area contributed by atoms with Gasteiger partial charge in [0.25, 0.3) is 0 Å².